The Labute approximate surface area is 132 Å². The molecule has 0 saturated carbocycles. The van der Waals surface area contributed by atoms with E-state index in [0.717, 1.165) is 18.7 Å². The molecule has 0 heterocycles. The summed E-state index contributed by atoms with van der Waals surface area (Å²) in [7, 11) is 3.48. The monoisotopic (exact) mass is 319 g/mol. The van der Waals surface area contributed by atoms with Gasteiger partial charge in [0, 0.05) is 19.1 Å². The van der Waals surface area contributed by atoms with Gasteiger partial charge in [-0.25, -0.2) is 13.2 Å². The molecule has 0 aliphatic carbocycles. The van der Waals surface area contributed by atoms with Crippen LogP contribution < -0.4 is 0 Å². The second kappa shape index (κ2) is 9.85. The van der Waals surface area contributed by atoms with E-state index in [4.69, 9.17) is 4.74 Å². The Morgan fingerprint density at radius 3 is 1.91 bits per heavy atom. The third kappa shape index (κ3) is 4.99. The Bertz CT molecular complexity index is 431. The van der Waals surface area contributed by atoms with Gasteiger partial charge >= 0.3 is 0 Å². The van der Waals surface area contributed by atoms with E-state index in [9.17, 15) is 13.2 Å². The summed E-state index contributed by atoms with van der Waals surface area (Å²) in [5, 5.41) is 0. The molecule has 0 spiro atoms. The number of ether oxygens (including phenoxy) is 1. The zero-order valence-corrected chi connectivity index (χ0v) is 14.6. The van der Waals surface area contributed by atoms with Gasteiger partial charge in [0.1, 0.15) is 0 Å². The number of likely N-dealkylation sites (N-methyl/N-ethyl adjacent to an activating group) is 1. The predicted molar refractivity (Wildman–Crippen MR) is 84.6 cm³/mol. The van der Waals surface area contributed by atoms with Crippen molar-refractivity contribution in [2.24, 2.45) is 0 Å². The van der Waals surface area contributed by atoms with Crippen molar-refractivity contribution in [1.82, 2.24) is 4.90 Å². The number of benzene rings is 1. The van der Waals surface area contributed by atoms with Gasteiger partial charge in [-0.05, 0) is 45.1 Å². The topological polar surface area (TPSA) is 12.5 Å². The van der Waals surface area contributed by atoms with Gasteiger partial charge in [-0.1, -0.05) is 20.8 Å². The first kappa shape index (κ1) is 20.9. The molecule has 0 radical (unpaired) electrons. The van der Waals surface area contributed by atoms with E-state index >= 15 is 0 Å². The van der Waals surface area contributed by atoms with Crippen LogP contribution in [0.25, 0.3) is 0 Å². The van der Waals surface area contributed by atoms with Crippen LogP contribution in [0.1, 0.15) is 46.1 Å². The minimum atomic E-state index is -1.44. The van der Waals surface area contributed by atoms with Crippen LogP contribution in [0.3, 0.4) is 0 Å². The molecule has 0 bridgehead atoms. The SMILES string of the molecule is CC.CCN(C)[C@H](C)C(c1cc(F)c(F)c(F)c1)[C@@H](C)OC. The van der Waals surface area contributed by atoms with Gasteiger partial charge in [0.05, 0.1) is 6.10 Å². The lowest BCUT2D eigenvalue weighted by atomic mass is 9.87. The van der Waals surface area contributed by atoms with Gasteiger partial charge in [-0.3, -0.25) is 0 Å². The van der Waals surface area contributed by atoms with Gasteiger partial charge < -0.3 is 9.64 Å². The minimum absolute atomic E-state index is 0.000730. The molecule has 0 saturated heterocycles. The van der Waals surface area contributed by atoms with Gasteiger partial charge in [-0.2, -0.15) is 0 Å². The molecule has 128 valence electrons. The van der Waals surface area contributed by atoms with Crippen molar-refractivity contribution < 1.29 is 17.9 Å². The maximum Gasteiger partial charge on any atom is 0.194 e. The molecule has 0 aliphatic rings. The van der Waals surface area contributed by atoms with E-state index in [0.29, 0.717) is 5.56 Å². The predicted octanol–water partition coefficient (Wildman–Crippen LogP) is 4.59. The van der Waals surface area contributed by atoms with Crippen LogP contribution in [-0.4, -0.2) is 37.7 Å². The molecular formula is C17H28F3NO. The zero-order valence-electron chi connectivity index (χ0n) is 14.6. The summed E-state index contributed by atoms with van der Waals surface area (Å²) in [6.45, 7) is 10.6. The number of methoxy groups -OCH3 is 1. The Kier molecular flexibility index (Phi) is 9.37. The molecule has 1 rings (SSSR count). The number of rotatable bonds is 6. The summed E-state index contributed by atoms with van der Waals surface area (Å²) in [5.41, 5.74) is 0.406. The van der Waals surface area contributed by atoms with E-state index in [2.05, 4.69) is 4.90 Å². The first-order valence-electron chi connectivity index (χ1n) is 7.70. The Morgan fingerprint density at radius 1 is 1.09 bits per heavy atom. The molecular weight excluding hydrogens is 291 g/mol. The normalized spacial score (nSPS) is 15.0. The first-order chi connectivity index (χ1) is 10.3. The van der Waals surface area contributed by atoms with Gasteiger partial charge in [0.15, 0.2) is 17.5 Å². The Hall–Kier alpha value is -1.07. The van der Waals surface area contributed by atoms with Crippen LogP contribution in [0.4, 0.5) is 13.2 Å². The van der Waals surface area contributed by atoms with Crippen LogP contribution in [-0.2, 0) is 4.74 Å². The Balaban J connectivity index is 0.00000211. The minimum Gasteiger partial charge on any atom is -0.381 e. The molecule has 2 nitrogen and oxygen atoms in total. The third-order valence-corrected chi connectivity index (χ3v) is 3.98. The highest BCUT2D eigenvalue weighted by Crippen LogP contribution is 2.30. The van der Waals surface area contributed by atoms with Crippen LogP contribution in [0.5, 0.6) is 0 Å². The van der Waals surface area contributed by atoms with Crippen molar-refractivity contribution in [3.05, 3.63) is 35.1 Å². The molecule has 1 aromatic rings. The molecule has 1 unspecified atom stereocenters. The van der Waals surface area contributed by atoms with Crippen LogP contribution in [0.15, 0.2) is 12.1 Å². The van der Waals surface area contributed by atoms with E-state index in [-0.39, 0.29) is 18.1 Å². The lowest BCUT2D eigenvalue weighted by molar-refractivity contribution is 0.0618. The summed E-state index contributed by atoms with van der Waals surface area (Å²) in [6, 6.07) is 2.11. The second-order valence-electron chi connectivity index (χ2n) is 5.08. The number of hydrogen-bond acceptors (Lipinski definition) is 2. The summed E-state index contributed by atoms with van der Waals surface area (Å²) >= 11 is 0. The fraction of sp³-hybridized carbons (Fsp3) is 0.647. The van der Waals surface area contributed by atoms with Crippen molar-refractivity contribution in [3.8, 4) is 0 Å². The molecule has 5 heteroatoms. The van der Waals surface area contributed by atoms with E-state index < -0.39 is 17.5 Å². The summed E-state index contributed by atoms with van der Waals surface area (Å²) < 4.78 is 45.3. The molecule has 0 fully saturated rings. The fourth-order valence-corrected chi connectivity index (χ4v) is 2.42. The van der Waals surface area contributed by atoms with Crippen molar-refractivity contribution in [3.63, 3.8) is 0 Å². The van der Waals surface area contributed by atoms with Crippen molar-refractivity contribution >= 4 is 0 Å². The largest absolute Gasteiger partial charge is 0.381 e. The maximum atomic E-state index is 13.4. The molecule has 1 aromatic carbocycles. The third-order valence-electron chi connectivity index (χ3n) is 3.98. The van der Waals surface area contributed by atoms with E-state index in [1.54, 1.807) is 7.11 Å². The lowest BCUT2D eigenvalue weighted by Crippen LogP contribution is -2.39. The first-order valence-corrected chi connectivity index (χ1v) is 7.70. The molecule has 22 heavy (non-hydrogen) atoms. The van der Waals surface area contributed by atoms with Crippen molar-refractivity contribution in [2.45, 2.75) is 52.7 Å². The molecule has 3 atom stereocenters. The Morgan fingerprint density at radius 2 is 1.55 bits per heavy atom. The lowest BCUT2D eigenvalue weighted by Gasteiger charge is -2.35. The average molecular weight is 319 g/mol. The van der Waals surface area contributed by atoms with E-state index in [1.807, 2.05) is 41.7 Å². The second-order valence-corrected chi connectivity index (χ2v) is 5.08. The molecule has 0 aromatic heterocycles. The highest BCUT2D eigenvalue weighted by Gasteiger charge is 2.29. The zero-order chi connectivity index (χ0) is 17.4. The summed E-state index contributed by atoms with van der Waals surface area (Å²) in [4.78, 5) is 2.05. The number of hydrogen-bond donors (Lipinski definition) is 0. The van der Waals surface area contributed by atoms with Crippen LogP contribution in [0.2, 0.25) is 0 Å². The van der Waals surface area contributed by atoms with Gasteiger partial charge in [0.2, 0.25) is 0 Å². The summed E-state index contributed by atoms with van der Waals surface area (Å²) in [5.74, 6) is -4.03. The van der Waals surface area contributed by atoms with E-state index in [1.165, 1.54) is 0 Å². The number of nitrogens with zero attached hydrogens (tertiary/aromatic N) is 1. The molecule has 0 aliphatic heterocycles. The molecule has 0 N–H and O–H groups in total. The van der Waals surface area contributed by atoms with Gasteiger partial charge in [0.25, 0.3) is 0 Å². The van der Waals surface area contributed by atoms with Crippen molar-refractivity contribution in [2.75, 3.05) is 20.7 Å². The average Bonchev–Trinajstić information content (AvgIpc) is 2.53. The maximum absolute atomic E-state index is 13.4. The molecule has 0 amide bonds. The smallest absolute Gasteiger partial charge is 0.194 e. The fourth-order valence-electron chi connectivity index (χ4n) is 2.42. The quantitative estimate of drug-likeness (QED) is 0.711. The summed E-state index contributed by atoms with van der Waals surface area (Å²) in [6.07, 6.45) is -0.247. The van der Waals surface area contributed by atoms with Crippen LogP contribution in [0, 0.1) is 17.5 Å². The van der Waals surface area contributed by atoms with Crippen LogP contribution >= 0.6 is 0 Å². The van der Waals surface area contributed by atoms with Crippen molar-refractivity contribution in [1.29, 1.82) is 0 Å². The highest BCUT2D eigenvalue weighted by atomic mass is 19.2. The number of halogens is 3. The standard InChI is InChI=1S/C15H22F3NO.C2H6/c1-6-19(4)9(2)14(10(3)20-5)11-7-12(16)15(18)13(17)8-11;1-2/h7-10,14H,6H2,1-5H3;1-2H3/t9-,10-,14?;/m1./s1. The highest BCUT2D eigenvalue weighted by molar-refractivity contribution is 5.25. The van der Waals surface area contributed by atoms with Gasteiger partial charge in [-0.15, -0.1) is 0 Å².